The Balaban J connectivity index is 1.17. The average molecular weight is 679 g/mol. The van der Waals surface area contributed by atoms with Crippen LogP contribution in [0.2, 0.25) is 0 Å². The summed E-state index contributed by atoms with van der Waals surface area (Å²) in [5.74, 6) is 0. The highest BCUT2D eigenvalue weighted by Crippen LogP contribution is 2.54. The maximum atomic E-state index is 2.47. The van der Waals surface area contributed by atoms with Gasteiger partial charge in [-0.15, -0.1) is 0 Å². The summed E-state index contributed by atoms with van der Waals surface area (Å²) in [5.41, 5.74) is 17.0. The van der Waals surface area contributed by atoms with Crippen LogP contribution in [0.1, 0.15) is 25.0 Å². The van der Waals surface area contributed by atoms with Gasteiger partial charge in [0.25, 0.3) is 0 Å². The first-order valence-corrected chi connectivity index (χ1v) is 18.4. The lowest BCUT2D eigenvalue weighted by Gasteiger charge is -2.30. The van der Waals surface area contributed by atoms with E-state index < -0.39 is 0 Å². The van der Waals surface area contributed by atoms with E-state index in [9.17, 15) is 0 Å². The van der Waals surface area contributed by atoms with Gasteiger partial charge in [-0.25, -0.2) is 0 Å². The maximum absolute atomic E-state index is 2.47. The molecule has 53 heavy (non-hydrogen) atoms. The van der Waals surface area contributed by atoms with E-state index in [-0.39, 0.29) is 5.41 Å². The Morgan fingerprint density at radius 1 is 0.415 bits per heavy atom. The molecule has 0 fully saturated rings. The van der Waals surface area contributed by atoms with Crippen LogP contribution in [0.5, 0.6) is 0 Å². The summed E-state index contributed by atoms with van der Waals surface area (Å²) in [7, 11) is 0. The number of nitrogens with zero attached hydrogens (tertiary/aromatic N) is 2. The molecule has 8 aromatic carbocycles. The van der Waals surface area contributed by atoms with E-state index in [0.29, 0.717) is 0 Å². The van der Waals surface area contributed by atoms with Crippen LogP contribution in [0.4, 0.5) is 17.1 Å². The minimum Gasteiger partial charge on any atom is -0.310 e. The lowest BCUT2D eigenvalue weighted by molar-refractivity contribution is 0.660. The van der Waals surface area contributed by atoms with Gasteiger partial charge in [-0.3, -0.25) is 0 Å². The van der Waals surface area contributed by atoms with Gasteiger partial charge in [0.2, 0.25) is 0 Å². The molecule has 0 bridgehead atoms. The second-order valence-electron chi connectivity index (χ2n) is 14.6. The van der Waals surface area contributed by atoms with Crippen LogP contribution in [0.3, 0.4) is 0 Å². The van der Waals surface area contributed by atoms with Gasteiger partial charge in [0.05, 0.1) is 22.4 Å². The van der Waals surface area contributed by atoms with Crippen molar-refractivity contribution in [3.8, 4) is 39.1 Å². The number of anilines is 3. The van der Waals surface area contributed by atoms with E-state index in [1.807, 2.05) is 0 Å². The molecule has 252 valence electrons. The SMILES string of the molecule is CC1(C)c2cc(N(c3ccc(-c4ccccc4)cc3)c3ccccc3-c3ccccc3)ccc2-c2c(-n3c4ccccc4c4ccccc43)cccc21. The molecule has 1 aliphatic carbocycles. The number of fused-ring (bicyclic) bond motifs is 6. The molecule has 9 aromatic rings. The Morgan fingerprint density at radius 2 is 0.981 bits per heavy atom. The smallest absolute Gasteiger partial charge is 0.0543 e. The number of para-hydroxylation sites is 3. The highest BCUT2D eigenvalue weighted by Gasteiger charge is 2.38. The largest absolute Gasteiger partial charge is 0.310 e. The van der Waals surface area contributed by atoms with Crippen LogP contribution in [0, 0.1) is 0 Å². The van der Waals surface area contributed by atoms with Crippen molar-refractivity contribution in [3.05, 3.63) is 205 Å². The van der Waals surface area contributed by atoms with Crippen molar-refractivity contribution >= 4 is 38.9 Å². The van der Waals surface area contributed by atoms with Gasteiger partial charge in [0, 0.05) is 38.7 Å². The van der Waals surface area contributed by atoms with Gasteiger partial charge in [-0.2, -0.15) is 0 Å². The molecule has 1 heterocycles. The van der Waals surface area contributed by atoms with Gasteiger partial charge in [0.1, 0.15) is 0 Å². The number of hydrogen-bond acceptors (Lipinski definition) is 1. The summed E-state index contributed by atoms with van der Waals surface area (Å²) in [6.45, 7) is 4.77. The van der Waals surface area contributed by atoms with Crippen LogP contribution >= 0.6 is 0 Å². The minimum atomic E-state index is -0.211. The van der Waals surface area contributed by atoms with Crippen LogP contribution < -0.4 is 4.90 Å². The Bertz CT molecular complexity index is 2740. The van der Waals surface area contributed by atoms with Crippen molar-refractivity contribution in [2.75, 3.05) is 4.90 Å². The quantitative estimate of drug-likeness (QED) is 0.170. The first kappa shape index (κ1) is 31.1. The summed E-state index contributed by atoms with van der Waals surface area (Å²) in [5, 5.41) is 2.55. The van der Waals surface area contributed by atoms with E-state index in [1.165, 1.54) is 72.0 Å². The molecule has 1 aliphatic rings. The third-order valence-electron chi connectivity index (χ3n) is 11.2. The number of aromatic nitrogens is 1. The lowest BCUT2D eigenvalue weighted by Crippen LogP contribution is -2.17. The molecule has 10 rings (SSSR count). The summed E-state index contributed by atoms with van der Waals surface area (Å²) >= 11 is 0. The van der Waals surface area contributed by atoms with Gasteiger partial charge < -0.3 is 9.47 Å². The van der Waals surface area contributed by atoms with Gasteiger partial charge >= 0.3 is 0 Å². The molecule has 0 unspecified atom stereocenters. The van der Waals surface area contributed by atoms with E-state index in [1.54, 1.807) is 0 Å². The third kappa shape index (κ3) is 4.94. The molecule has 0 radical (unpaired) electrons. The van der Waals surface area contributed by atoms with Crippen LogP contribution in [-0.4, -0.2) is 4.57 Å². The fraction of sp³-hybridized carbons (Fsp3) is 0.0588. The Morgan fingerprint density at radius 3 is 1.68 bits per heavy atom. The number of rotatable bonds is 6. The highest BCUT2D eigenvalue weighted by molar-refractivity contribution is 6.10. The summed E-state index contributed by atoms with van der Waals surface area (Å²) < 4.78 is 2.47. The second-order valence-corrected chi connectivity index (χ2v) is 14.6. The maximum Gasteiger partial charge on any atom is 0.0543 e. The minimum absolute atomic E-state index is 0.211. The molecule has 2 nitrogen and oxygen atoms in total. The standard InChI is InChI=1S/C51H38N2/c1-51(2)44-23-15-27-49(53-47-25-13-10-21-41(47)42-22-11-14-26-48(42)53)50(44)43-33-32-39(34-45(43)51)52(38-30-28-36(29-31-38)35-16-5-3-6-17-35)46-24-12-9-20-40(46)37-18-7-4-8-19-37/h3-34H,1-2H3. The van der Waals surface area contributed by atoms with Gasteiger partial charge in [-0.05, 0) is 81.9 Å². The molecular formula is C51H38N2. The lowest BCUT2D eigenvalue weighted by atomic mass is 9.82. The zero-order valence-corrected chi connectivity index (χ0v) is 29.9. The van der Waals surface area contributed by atoms with Crippen LogP contribution in [-0.2, 0) is 5.41 Å². The molecule has 0 saturated heterocycles. The summed E-state index contributed by atoms with van der Waals surface area (Å²) in [6, 6.07) is 70.7. The number of benzene rings is 8. The second kappa shape index (κ2) is 12.3. The number of hydrogen-bond donors (Lipinski definition) is 0. The van der Waals surface area contributed by atoms with E-state index in [2.05, 4.69) is 217 Å². The Labute approximate surface area is 310 Å². The predicted octanol–water partition coefficient (Wildman–Crippen LogP) is 13.9. The highest BCUT2D eigenvalue weighted by atomic mass is 15.1. The van der Waals surface area contributed by atoms with Crippen LogP contribution in [0.25, 0.3) is 60.9 Å². The van der Waals surface area contributed by atoms with E-state index >= 15 is 0 Å². The monoisotopic (exact) mass is 678 g/mol. The van der Waals surface area contributed by atoms with Crippen LogP contribution in [0.15, 0.2) is 194 Å². The van der Waals surface area contributed by atoms with Crippen molar-refractivity contribution < 1.29 is 0 Å². The first-order chi connectivity index (χ1) is 26.1. The van der Waals surface area contributed by atoms with Crippen molar-refractivity contribution in [2.24, 2.45) is 0 Å². The van der Waals surface area contributed by atoms with Gasteiger partial charge in [-0.1, -0.05) is 159 Å². The Hall–Kier alpha value is -6.64. The fourth-order valence-electron chi connectivity index (χ4n) is 8.66. The zero-order chi connectivity index (χ0) is 35.5. The van der Waals surface area contributed by atoms with Crippen molar-refractivity contribution in [3.63, 3.8) is 0 Å². The Kier molecular flexibility index (Phi) is 7.19. The topological polar surface area (TPSA) is 8.17 Å². The molecule has 0 aliphatic heterocycles. The predicted molar refractivity (Wildman–Crippen MR) is 224 cm³/mol. The zero-order valence-electron chi connectivity index (χ0n) is 29.9. The average Bonchev–Trinajstić information content (AvgIpc) is 3.67. The van der Waals surface area contributed by atoms with Crippen molar-refractivity contribution in [1.29, 1.82) is 0 Å². The van der Waals surface area contributed by atoms with Crippen molar-refractivity contribution in [1.82, 2.24) is 4.57 Å². The van der Waals surface area contributed by atoms with E-state index in [4.69, 9.17) is 0 Å². The fourth-order valence-corrected chi connectivity index (χ4v) is 8.66. The molecule has 0 N–H and O–H groups in total. The normalized spacial score (nSPS) is 12.9. The molecule has 0 amide bonds. The summed E-state index contributed by atoms with van der Waals surface area (Å²) in [6.07, 6.45) is 0. The first-order valence-electron chi connectivity index (χ1n) is 18.4. The molecule has 1 aromatic heterocycles. The molecule has 0 saturated carbocycles. The molecular weight excluding hydrogens is 641 g/mol. The molecule has 0 spiro atoms. The third-order valence-corrected chi connectivity index (χ3v) is 11.2. The molecule has 0 atom stereocenters. The summed E-state index contributed by atoms with van der Waals surface area (Å²) in [4.78, 5) is 2.43. The van der Waals surface area contributed by atoms with Gasteiger partial charge in [0.15, 0.2) is 0 Å². The van der Waals surface area contributed by atoms with Crippen molar-refractivity contribution in [2.45, 2.75) is 19.3 Å². The van der Waals surface area contributed by atoms with E-state index in [0.717, 1.165) is 17.1 Å². The molecule has 2 heteroatoms.